The summed E-state index contributed by atoms with van der Waals surface area (Å²) in [5, 5.41) is 2.15. The molecule has 1 unspecified atom stereocenters. The van der Waals surface area contributed by atoms with Gasteiger partial charge in [0, 0.05) is 18.0 Å². The molecule has 0 aromatic carbocycles. The first-order valence-electron chi connectivity index (χ1n) is 6.52. The first-order chi connectivity index (χ1) is 8.11. The van der Waals surface area contributed by atoms with E-state index in [2.05, 4.69) is 43.3 Å². The summed E-state index contributed by atoms with van der Waals surface area (Å²) < 4.78 is 0. The zero-order chi connectivity index (χ0) is 12.7. The van der Waals surface area contributed by atoms with Gasteiger partial charge in [-0.25, -0.2) is 0 Å². The smallest absolute Gasteiger partial charge is 0.00579 e. The van der Waals surface area contributed by atoms with Crippen LogP contribution in [0.2, 0.25) is 0 Å². The molecule has 1 aromatic heterocycles. The van der Waals surface area contributed by atoms with Gasteiger partial charge in [-0.05, 0) is 49.7 Å². The third kappa shape index (κ3) is 6.20. The molecule has 0 fully saturated rings. The highest BCUT2D eigenvalue weighted by atomic mass is 32.1. The Labute approximate surface area is 110 Å². The topological polar surface area (TPSA) is 29.3 Å². The molecule has 0 amide bonds. The van der Waals surface area contributed by atoms with E-state index in [0.29, 0.717) is 5.92 Å². The molecular formula is C14H26N2S. The quantitative estimate of drug-likeness (QED) is 0.773. The third-order valence-electron chi connectivity index (χ3n) is 3.03. The van der Waals surface area contributed by atoms with E-state index in [4.69, 9.17) is 5.73 Å². The number of rotatable bonds is 8. The minimum atomic E-state index is 0.642. The molecule has 0 radical (unpaired) electrons. The van der Waals surface area contributed by atoms with Crippen molar-refractivity contribution in [1.29, 1.82) is 0 Å². The lowest BCUT2D eigenvalue weighted by molar-refractivity contribution is 0.259. The largest absolute Gasteiger partial charge is 0.330 e. The number of likely N-dealkylation sites (N-methyl/N-ethyl adjacent to an activating group) is 1. The molecule has 98 valence electrons. The van der Waals surface area contributed by atoms with Crippen LogP contribution in [0.25, 0.3) is 0 Å². The van der Waals surface area contributed by atoms with Gasteiger partial charge in [0.05, 0.1) is 0 Å². The van der Waals surface area contributed by atoms with Crippen molar-refractivity contribution in [1.82, 2.24) is 4.90 Å². The molecule has 1 aromatic rings. The van der Waals surface area contributed by atoms with Gasteiger partial charge in [0.15, 0.2) is 0 Å². The van der Waals surface area contributed by atoms with Gasteiger partial charge in [-0.15, -0.1) is 11.3 Å². The van der Waals surface area contributed by atoms with Gasteiger partial charge in [0.25, 0.3) is 0 Å². The molecular weight excluding hydrogens is 228 g/mol. The highest BCUT2D eigenvalue weighted by molar-refractivity contribution is 7.09. The molecule has 1 heterocycles. The van der Waals surface area contributed by atoms with E-state index >= 15 is 0 Å². The van der Waals surface area contributed by atoms with Crippen molar-refractivity contribution in [3.8, 4) is 0 Å². The Kier molecular flexibility index (Phi) is 6.78. The van der Waals surface area contributed by atoms with Crippen molar-refractivity contribution in [2.24, 2.45) is 17.6 Å². The van der Waals surface area contributed by atoms with Crippen LogP contribution in [0.5, 0.6) is 0 Å². The molecule has 17 heavy (non-hydrogen) atoms. The summed E-state index contributed by atoms with van der Waals surface area (Å²) in [6, 6.07) is 4.34. The maximum absolute atomic E-state index is 5.84. The molecule has 2 nitrogen and oxygen atoms in total. The maximum atomic E-state index is 5.84. The summed E-state index contributed by atoms with van der Waals surface area (Å²) in [6.07, 6.45) is 2.40. The lowest BCUT2D eigenvalue weighted by Crippen LogP contribution is -2.32. The Morgan fingerprint density at radius 2 is 2.18 bits per heavy atom. The van der Waals surface area contributed by atoms with E-state index in [1.54, 1.807) is 0 Å². The van der Waals surface area contributed by atoms with E-state index in [1.165, 1.54) is 11.3 Å². The summed E-state index contributed by atoms with van der Waals surface area (Å²) >= 11 is 1.85. The van der Waals surface area contributed by atoms with Gasteiger partial charge in [0.1, 0.15) is 0 Å². The second-order valence-electron chi connectivity index (χ2n) is 5.32. The maximum Gasteiger partial charge on any atom is 0.00579 e. The van der Waals surface area contributed by atoms with E-state index in [9.17, 15) is 0 Å². The van der Waals surface area contributed by atoms with Crippen LogP contribution in [-0.2, 0) is 6.42 Å². The minimum Gasteiger partial charge on any atom is -0.330 e. The van der Waals surface area contributed by atoms with Crippen molar-refractivity contribution >= 4 is 11.3 Å². The van der Waals surface area contributed by atoms with E-state index in [-0.39, 0.29) is 0 Å². The fourth-order valence-corrected chi connectivity index (χ4v) is 2.90. The predicted octanol–water partition coefficient (Wildman–Crippen LogP) is 2.84. The van der Waals surface area contributed by atoms with Crippen LogP contribution >= 0.6 is 11.3 Å². The van der Waals surface area contributed by atoms with Gasteiger partial charge in [0.2, 0.25) is 0 Å². The van der Waals surface area contributed by atoms with Crippen LogP contribution in [-0.4, -0.2) is 31.6 Å². The molecule has 3 heteroatoms. The normalized spacial score (nSPS) is 13.5. The molecule has 0 saturated carbocycles. The third-order valence-corrected chi connectivity index (χ3v) is 3.96. The Morgan fingerprint density at radius 1 is 1.41 bits per heavy atom. The molecule has 1 atom stereocenters. The number of thiophene rings is 1. The van der Waals surface area contributed by atoms with Crippen LogP contribution in [0.3, 0.4) is 0 Å². The van der Waals surface area contributed by atoms with E-state index < -0.39 is 0 Å². The van der Waals surface area contributed by atoms with Gasteiger partial charge in [-0.2, -0.15) is 0 Å². The SMILES string of the molecule is CC(C)CC(CN)CN(C)CCc1cccs1. The lowest BCUT2D eigenvalue weighted by Gasteiger charge is -2.24. The van der Waals surface area contributed by atoms with Gasteiger partial charge >= 0.3 is 0 Å². The highest BCUT2D eigenvalue weighted by Gasteiger charge is 2.11. The average molecular weight is 254 g/mol. The van der Waals surface area contributed by atoms with Crippen LogP contribution in [0.15, 0.2) is 17.5 Å². The van der Waals surface area contributed by atoms with Crippen LogP contribution in [0.1, 0.15) is 25.1 Å². The summed E-state index contributed by atoms with van der Waals surface area (Å²) in [5.74, 6) is 1.39. The molecule has 0 aliphatic rings. The van der Waals surface area contributed by atoms with Crippen molar-refractivity contribution in [3.05, 3.63) is 22.4 Å². The minimum absolute atomic E-state index is 0.642. The van der Waals surface area contributed by atoms with Gasteiger partial charge in [-0.3, -0.25) is 0 Å². The monoisotopic (exact) mass is 254 g/mol. The fraction of sp³-hybridized carbons (Fsp3) is 0.714. The molecule has 2 N–H and O–H groups in total. The highest BCUT2D eigenvalue weighted by Crippen LogP contribution is 2.13. The molecule has 0 bridgehead atoms. The molecule has 0 aliphatic carbocycles. The van der Waals surface area contributed by atoms with Crippen molar-refractivity contribution in [3.63, 3.8) is 0 Å². The second-order valence-corrected chi connectivity index (χ2v) is 6.36. The van der Waals surface area contributed by atoms with Gasteiger partial charge < -0.3 is 10.6 Å². The van der Waals surface area contributed by atoms with Crippen LogP contribution < -0.4 is 5.73 Å². The summed E-state index contributed by atoms with van der Waals surface area (Å²) in [6.45, 7) is 7.61. The zero-order valence-corrected chi connectivity index (χ0v) is 12.2. The summed E-state index contributed by atoms with van der Waals surface area (Å²) in [4.78, 5) is 3.89. The number of nitrogens with zero attached hydrogens (tertiary/aromatic N) is 1. The average Bonchev–Trinajstić information content (AvgIpc) is 2.77. The molecule has 1 rings (SSSR count). The summed E-state index contributed by atoms with van der Waals surface area (Å²) in [7, 11) is 2.20. The van der Waals surface area contributed by atoms with Crippen molar-refractivity contribution in [2.75, 3.05) is 26.7 Å². The van der Waals surface area contributed by atoms with Crippen LogP contribution in [0.4, 0.5) is 0 Å². The fourth-order valence-electron chi connectivity index (χ4n) is 2.20. The first-order valence-corrected chi connectivity index (χ1v) is 7.40. The number of hydrogen-bond acceptors (Lipinski definition) is 3. The molecule has 0 spiro atoms. The Morgan fingerprint density at radius 3 is 2.71 bits per heavy atom. The first kappa shape index (κ1) is 14.7. The van der Waals surface area contributed by atoms with Gasteiger partial charge in [-0.1, -0.05) is 19.9 Å². The lowest BCUT2D eigenvalue weighted by atomic mass is 9.97. The molecule has 0 saturated heterocycles. The summed E-state index contributed by atoms with van der Waals surface area (Å²) in [5.41, 5.74) is 5.84. The van der Waals surface area contributed by atoms with Crippen molar-refractivity contribution in [2.45, 2.75) is 26.7 Å². The van der Waals surface area contributed by atoms with Crippen molar-refractivity contribution < 1.29 is 0 Å². The van der Waals surface area contributed by atoms with E-state index in [1.807, 2.05) is 11.3 Å². The van der Waals surface area contributed by atoms with Crippen LogP contribution in [0, 0.1) is 11.8 Å². The zero-order valence-electron chi connectivity index (χ0n) is 11.4. The Bertz CT molecular complexity index is 282. The number of hydrogen-bond donors (Lipinski definition) is 1. The Balaban J connectivity index is 2.24. The molecule has 0 aliphatic heterocycles. The predicted molar refractivity (Wildman–Crippen MR) is 77.5 cm³/mol. The standard InChI is InChI=1S/C14H26N2S/c1-12(2)9-13(10-15)11-16(3)7-6-14-5-4-8-17-14/h4-5,8,12-13H,6-7,9-11,15H2,1-3H3. The van der Waals surface area contributed by atoms with E-state index in [0.717, 1.165) is 32.0 Å². The number of nitrogens with two attached hydrogens (primary N) is 1. The second kappa shape index (κ2) is 7.85. The Hall–Kier alpha value is -0.380.